The first-order valence-corrected chi connectivity index (χ1v) is 7.07. The van der Waals surface area contributed by atoms with Crippen LogP contribution in [0.15, 0.2) is 9.28 Å². The molecule has 86 valence electrons. The Morgan fingerprint density at radius 3 is 2.73 bits per heavy atom. The molecule has 0 bridgehead atoms. The zero-order valence-corrected chi connectivity index (χ0v) is 12.8. The molecule has 2 atom stereocenters. The molecule has 1 saturated carbocycles. The molecule has 5 heteroatoms. The summed E-state index contributed by atoms with van der Waals surface area (Å²) in [5.41, 5.74) is 7.09. The molecule has 2 unspecified atom stereocenters. The molecule has 1 aliphatic rings. The molecule has 0 heterocycles. The molecule has 0 aromatic rings. The summed E-state index contributed by atoms with van der Waals surface area (Å²) in [7, 11) is 0. The van der Waals surface area contributed by atoms with E-state index >= 15 is 0 Å². The zero-order chi connectivity index (χ0) is 11.3. The van der Waals surface area contributed by atoms with Crippen molar-refractivity contribution in [3.05, 3.63) is 9.28 Å². The second-order valence-electron chi connectivity index (χ2n) is 3.83. The number of hydrogen-bond acceptors (Lipinski definition) is 3. The van der Waals surface area contributed by atoms with Gasteiger partial charge in [-0.2, -0.15) is 0 Å². The van der Waals surface area contributed by atoms with E-state index < -0.39 is 0 Å². The molecular weight excluding hydrogens is 418 g/mol. The van der Waals surface area contributed by atoms with Gasteiger partial charge in [-0.15, -0.1) is 0 Å². The van der Waals surface area contributed by atoms with Gasteiger partial charge >= 0.3 is 0 Å². The van der Waals surface area contributed by atoms with Crippen LogP contribution < -0.4 is 5.73 Å². The van der Waals surface area contributed by atoms with Gasteiger partial charge in [0.15, 0.2) is 0 Å². The van der Waals surface area contributed by atoms with Gasteiger partial charge in [-0.3, -0.25) is 0 Å². The maximum Gasteiger partial charge on any atom is 0.110 e. The van der Waals surface area contributed by atoms with Crippen LogP contribution in [0.2, 0.25) is 0 Å². The lowest BCUT2D eigenvalue weighted by molar-refractivity contribution is 0.237. The van der Waals surface area contributed by atoms with E-state index in [1.165, 1.54) is 11.8 Å². The predicted octanol–water partition coefficient (Wildman–Crippen LogP) is 3.56. The minimum Gasteiger partial charge on any atom is -0.394 e. The molecular formula is C10H16I2N2O. The van der Waals surface area contributed by atoms with Crippen molar-refractivity contribution in [1.82, 2.24) is 0 Å². The molecule has 1 rings (SSSR count). The van der Waals surface area contributed by atoms with Gasteiger partial charge in [0.1, 0.15) is 23.0 Å². The first kappa shape index (κ1) is 13.7. The normalized spacial score (nSPS) is 31.6. The number of hydrogen-bond donors (Lipinski definition) is 2. The summed E-state index contributed by atoms with van der Waals surface area (Å²) in [4.78, 5) is 0. The number of nitrogens with one attached hydrogen (secondary N) is 1. The van der Waals surface area contributed by atoms with E-state index in [0.29, 0.717) is 6.10 Å². The van der Waals surface area contributed by atoms with Crippen molar-refractivity contribution in [2.75, 3.05) is 0 Å². The quantitative estimate of drug-likeness (QED) is 0.397. The van der Waals surface area contributed by atoms with Crippen LogP contribution in [-0.4, -0.2) is 12.3 Å². The standard InChI is InChI=1S/C10H16I2N2O/c11-10(14)9-5-4-8(15-12)3-1-2-7(9)6-13/h6-8,13H,1-5,14H2/b10-9-,13-6?. The molecule has 0 aliphatic heterocycles. The molecule has 0 aromatic carbocycles. The molecule has 0 radical (unpaired) electrons. The van der Waals surface area contributed by atoms with Crippen molar-refractivity contribution in [3.8, 4) is 0 Å². The van der Waals surface area contributed by atoms with Gasteiger partial charge in [0.05, 0.1) is 9.81 Å². The second-order valence-corrected chi connectivity index (χ2v) is 5.50. The summed E-state index contributed by atoms with van der Waals surface area (Å²) in [6.45, 7) is 0. The minimum absolute atomic E-state index is 0.247. The molecule has 1 fully saturated rings. The van der Waals surface area contributed by atoms with E-state index in [9.17, 15) is 0 Å². The molecule has 3 N–H and O–H groups in total. The summed E-state index contributed by atoms with van der Waals surface area (Å²) in [6.07, 6.45) is 7.10. The summed E-state index contributed by atoms with van der Waals surface area (Å²) >= 11 is 4.14. The lowest BCUT2D eigenvalue weighted by Gasteiger charge is -2.23. The number of halogens is 2. The minimum atomic E-state index is 0.247. The molecule has 3 nitrogen and oxygen atoms in total. The SMILES string of the molecule is N=CC1CCCC(OI)CC/C1=C(/N)I. The monoisotopic (exact) mass is 434 g/mol. The summed E-state index contributed by atoms with van der Waals surface area (Å²) < 4.78 is 6.23. The largest absolute Gasteiger partial charge is 0.394 e. The fourth-order valence-electron chi connectivity index (χ4n) is 1.96. The molecule has 0 saturated heterocycles. The Hall–Kier alpha value is 0.630. The summed E-state index contributed by atoms with van der Waals surface area (Å²) in [5.74, 6) is 0.247. The van der Waals surface area contributed by atoms with Crippen molar-refractivity contribution in [1.29, 1.82) is 5.41 Å². The summed E-state index contributed by atoms with van der Waals surface area (Å²) in [6, 6.07) is 0. The third-order valence-electron chi connectivity index (χ3n) is 2.86. The Bertz CT molecular complexity index is 252. The van der Waals surface area contributed by atoms with Crippen LogP contribution in [-0.2, 0) is 3.07 Å². The highest BCUT2D eigenvalue weighted by molar-refractivity contribution is 14.1. The van der Waals surface area contributed by atoms with Crippen LogP contribution in [0.3, 0.4) is 0 Å². The van der Waals surface area contributed by atoms with Crippen molar-refractivity contribution >= 4 is 51.8 Å². The number of rotatable bonds is 2. The van der Waals surface area contributed by atoms with Crippen molar-refractivity contribution in [2.45, 2.75) is 38.2 Å². The Morgan fingerprint density at radius 1 is 1.47 bits per heavy atom. The maximum absolute atomic E-state index is 7.43. The highest BCUT2D eigenvalue weighted by Gasteiger charge is 2.20. The van der Waals surface area contributed by atoms with Gasteiger partial charge in [0.25, 0.3) is 0 Å². The van der Waals surface area contributed by atoms with Crippen LogP contribution in [0.1, 0.15) is 32.1 Å². The van der Waals surface area contributed by atoms with Gasteiger partial charge in [-0.25, -0.2) is 0 Å². The lowest BCUT2D eigenvalue weighted by atomic mass is 9.87. The Kier molecular flexibility index (Phi) is 6.44. The van der Waals surface area contributed by atoms with Crippen molar-refractivity contribution in [2.24, 2.45) is 11.7 Å². The van der Waals surface area contributed by atoms with Crippen LogP contribution in [0, 0.1) is 11.3 Å². The van der Waals surface area contributed by atoms with E-state index in [1.807, 2.05) is 23.0 Å². The van der Waals surface area contributed by atoms with E-state index in [1.54, 1.807) is 0 Å². The topological polar surface area (TPSA) is 59.1 Å². The lowest BCUT2D eigenvalue weighted by Crippen LogP contribution is -2.18. The number of nitrogens with two attached hydrogens (primary N) is 1. The highest BCUT2D eigenvalue weighted by Crippen LogP contribution is 2.30. The molecule has 0 amide bonds. The van der Waals surface area contributed by atoms with Gasteiger partial charge in [0.2, 0.25) is 0 Å². The fraction of sp³-hybridized carbons (Fsp3) is 0.700. The third kappa shape index (κ3) is 4.18. The smallest absolute Gasteiger partial charge is 0.110 e. The van der Waals surface area contributed by atoms with E-state index in [2.05, 4.69) is 22.6 Å². The number of allylic oxidation sites excluding steroid dienone is 1. The van der Waals surface area contributed by atoms with Crippen molar-refractivity contribution < 1.29 is 3.07 Å². The third-order valence-corrected chi connectivity index (χ3v) is 4.27. The Labute approximate surface area is 119 Å². The Balaban J connectivity index is 2.73. The van der Waals surface area contributed by atoms with Crippen LogP contribution in [0.4, 0.5) is 0 Å². The Morgan fingerprint density at radius 2 is 2.20 bits per heavy atom. The van der Waals surface area contributed by atoms with Gasteiger partial charge in [-0.1, -0.05) is 0 Å². The molecule has 1 aliphatic carbocycles. The second kappa shape index (κ2) is 7.05. The van der Waals surface area contributed by atoms with E-state index in [4.69, 9.17) is 14.2 Å². The van der Waals surface area contributed by atoms with Crippen LogP contribution >= 0.6 is 45.6 Å². The maximum atomic E-state index is 7.43. The summed E-state index contributed by atoms with van der Waals surface area (Å²) in [5, 5.41) is 7.43. The molecule has 0 aromatic heterocycles. The highest BCUT2D eigenvalue weighted by atomic mass is 127. The van der Waals surface area contributed by atoms with E-state index in [0.717, 1.165) is 35.8 Å². The van der Waals surface area contributed by atoms with Gasteiger partial charge in [-0.05, 0) is 60.3 Å². The van der Waals surface area contributed by atoms with Gasteiger partial charge < -0.3 is 14.2 Å². The average Bonchev–Trinajstić information content (AvgIpc) is 2.17. The predicted molar refractivity (Wildman–Crippen MR) is 79.5 cm³/mol. The first-order chi connectivity index (χ1) is 7.19. The van der Waals surface area contributed by atoms with E-state index in [-0.39, 0.29) is 5.92 Å². The zero-order valence-electron chi connectivity index (χ0n) is 8.51. The van der Waals surface area contributed by atoms with Gasteiger partial charge in [0, 0.05) is 12.1 Å². The fourth-order valence-corrected chi connectivity index (χ4v) is 3.13. The van der Waals surface area contributed by atoms with Crippen molar-refractivity contribution in [3.63, 3.8) is 0 Å². The molecule has 15 heavy (non-hydrogen) atoms. The van der Waals surface area contributed by atoms with Crippen LogP contribution in [0.25, 0.3) is 0 Å². The van der Waals surface area contributed by atoms with Crippen LogP contribution in [0.5, 0.6) is 0 Å². The average molecular weight is 434 g/mol. The molecule has 0 spiro atoms. The first-order valence-electron chi connectivity index (χ1n) is 5.11.